The first-order chi connectivity index (χ1) is 27.9. The molecule has 6 heterocycles. The van der Waals surface area contributed by atoms with Gasteiger partial charge in [-0.1, -0.05) is 18.2 Å². The first-order valence-electron chi connectivity index (χ1n) is 17.3. The minimum absolute atomic E-state index is 0.0332. The van der Waals surface area contributed by atoms with Crippen LogP contribution in [0, 0.1) is 22.7 Å². The van der Waals surface area contributed by atoms with Crippen LogP contribution in [0.4, 0.5) is 14.6 Å². The zero-order chi connectivity index (χ0) is 41.0. The van der Waals surface area contributed by atoms with E-state index < -0.39 is 93.0 Å². The van der Waals surface area contributed by atoms with Crippen molar-refractivity contribution >= 4 is 59.9 Å². The Morgan fingerprint density at radius 2 is 1.48 bits per heavy atom. The number of nitrogens with zero attached hydrogens (tertiary/aromatic N) is 7. The molecule has 10 unspecified atom stereocenters. The molecule has 3 aromatic heterocycles. The van der Waals surface area contributed by atoms with Crippen LogP contribution in [-0.4, -0.2) is 98.2 Å². The number of halogens is 2. The third kappa shape index (κ3) is 8.99. The molecule has 1 aromatic carbocycles. The maximum atomic E-state index is 16.9. The van der Waals surface area contributed by atoms with Crippen molar-refractivity contribution in [2.24, 2.45) is 0 Å². The molecular weight excluding hydrogens is 850 g/mol. The van der Waals surface area contributed by atoms with Crippen LogP contribution in [0.5, 0.6) is 0 Å². The molecule has 0 spiro atoms. The Hall–Kier alpha value is -4.26. The summed E-state index contributed by atoms with van der Waals surface area (Å²) < 4.78 is 83.0. The van der Waals surface area contributed by atoms with E-state index in [9.17, 15) is 24.9 Å². The number of carbonyl (C=O) groups is 1. The summed E-state index contributed by atoms with van der Waals surface area (Å²) in [5, 5.41) is 21.0. The minimum Gasteiger partial charge on any atom is -0.346 e. The van der Waals surface area contributed by atoms with Gasteiger partial charge in [0.2, 0.25) is 0 Å². The number of nitrogens with one attached hydrogen (secondary N) is 2. The van der Waals surface area contributed by atoms with Crippen molar-refractivity contribution in [2.75, 3.05) is 31.7 Å². The zero-order valence-corrected chi connectivity index (χ0v) is 33.1. The molecule has 0 saturated carbocycles. The Bertz CT molecular complexity index is 2450. The molecule has 10 atom stereocenters. The van der Waals surface area contributed by atoms with Crippen LogP contribution >= 0.6 is 13.4 Å². The molecule has 0 radical (unpaired) electrons. The van der Waals surface area contributed by atoms with E-state index >= 15 is 8.78 Å². The highest BCUT2D eigenvalue weighted by Crippen LogP contribution is 2.58. The standard InChI is InChI=1S/C32H31F2N9O11P2S2/c33-22-25-19(51-30(22)42-11-8-21(44)40-32(42)46)14-49-56(58,48-13-5-10-36)54-26-20(15-50-55(57,53-25)47-12-4-9-35)52-31(23(26)34)43-17-39-24-27(37-16-38-28(24)43)41-29(45)18-6-2-1-3-7-18/h1-3,6-8,11,16-17,19-20,22-23,25-26,30-31H,4-5,12-15H2,(H,40,44,46)(H,37,38,41,45). The minimum atomic E-state index is -4.09. The summed E-state index contributed by atoms with van der Waals surface area (Å²) in [6, 6.07) is 13.1. The molecule has 26 heteroatoms. The number of H-pyrrole nitrogens is 1. The molecule has 3 aliphatic rings. The van der Waals surface area contributed by atoms with Gasteiger partial charge in [-0.05, 0) is 35.7 Å². The number of alkyl halides is 2. The van der Waals surface area contributed by atoms with Crippen LogP contribution in [0.25, 0.3) is 11.2 Å². The Balaban J connectivity index is 1.21. The average Bonchev–Trinajstić information content (AvgIpc) is 3.86. The molecule has 2 N–H and O–H groups in total. The van der Waals surface area contributed by atoms with E-state index in [1.807, 2.05) is 17.1 Å². The summed E-state index contributed by atoms with van der Waals surface area (Å²) in [6.07, 6.45) is -10.5. The highest BCUT2D eigenvalue weighted by Gasteiger charge is 2.54. The second kappa shape index (κ2) is 17.9. The fourth-order valence-electron chi connectivity index (χ4n) is 6.11. The quantitative estimate of drug-likeness (QED) is 0.171. The molecule has 58 heavy (non-hydrogen) atoms. The van der Waals surface area contributed by atoms with Crippen molar-refractivity contribution in [3.05, 3.63) is 81.7 Å². The van der Waals surface area contributed by atoms with E-state index in [1.165, 1.54) is 10.9 Å². The Kier molecular flexibility index (Phi) is 12.9. The fraction of sp³-hybridized carbons (Fsp3) is 0.438. The molecule has 3 aliphatic heterocycles. The van der Waals surface area contributed by atoms with E-state index in [0.29, 0.717) is 5.56 Å². The van der Waals surface area contributed by atoms with Crippen molar-refractivity contribution in [3.63, 3.8) is 0 Å². The number of hydrogen-bond donors (Lipinski definition) is 2. The summed E-state index contributed by atoms with van der Waals surface area (Å²) in [4.78, 5) is 52.0. The molecule has 20 nitrogen and oxygen atoms in total. The summed E-state index contributed by atoms with van der Waals surface area (Å²) >= 11 is 11.4. The largest absolute Gasteiger partial charge is 0.346 e. The second-order valence-corrected chi connectivity index (χ2v) is 18.4. The predicted octanol–water partition coefficient (Wildman–Crippen LogP) is 3.23. The van der Waals surface area contributed by atoms with E-state index in [0.717, 1.165) is 23.2 Å². The van der Waals surface area contributed by atoms with Gasteiger partial charge in [0.15, 0.2) is 41.8 Å². The van der Waals surface area contributed by atoms with Crippen molar-refractivity contribution in [3.8, 4) is 12.1 Å². The number of aromatic nitrogens is 6. The van der Waals surface area contributed by atoms with Gasteiger partial charge in [-0.25, -0.2) is 28.5 Å². The number of amides is 1. The predicted molar refractivity (Wildman–Crippen MR) is 201 cm³/mol. The third-order valence-corrected chi connectivity index (χ3v) is 13.5. The van der Waals surface area contributed by atoms with Crippen molar-refractivity contribution < 1.29 is 50.2 Å². The summed E-state index contributed by atoms with van der Waals surface area (Å²) in [6.45, 7) is -10.0. The van der Waals surface area contributed by atoms with Crippen molar-refractivity contribution in [1.82, 2.24) is 29.1 Å². The summed E-state index contributed by atoms with van der Waals surface area (Å²) in [7, 11) is 0. The zero-order valence-electron chi connectivity index (χ0n) is 29.6. The number of benzene rings is 1. The molecule has 4 aromatic rings. The lowest BCUT2D eigenvalue weighted by Crippen LogP contribution is -2.38. The van der Waals surface area contributed by atoms with Crippen LogP contribution in [0.3, 0.4) is 0 Å². The SMILES string of the molecule is N#CCCOP1(=S)OCC2OC(n3cnc4c(NC(=O)c5ccccc5)ncnc43)C(F)C2OP(=S)(OCCC#N)OCC2OC(n3ccc(=O)[nH]c3=O)C(F)C2O1. The number of fused-ring (bicyclic) bond motifs is 3. The van der Waals surface area contributed by atoms with Crippen LogP contribution in [0.15, 0.2) is 64.8 Å². The van der Waals surface area contributed by atoms with E-state index in [4.69, 9.17) is 60.2 Å². The normalized spacial score (nSPS) is 31.2. The van der Waals surface area contributed by atoms with Gasteiger partial charge < -0.3 is 32.9 Å². The smallest absolute Gasteiger partial charge is 0.330 e. The molecular formula is C32H31F2N9O11P2S2. The number of rotatable bonds is 10. The first kappa shape index (κ1) is 41.9. The Labute approximate surface area is 336 Å². The lowest BCUT2D eigenvalue weighted by atomic mass is 10.1. The van der Waals surface area contributed by atoms with Gasteiger partial charge in [0, 0.05) is 17.8 Å². The molecule has 0 bridgehead atoms. The van der Waals surface area contributed by atoms with Gasteiger partial charge in [-0.2, -0.15) is 10.5 Å². The number of aromatic amines is 1. The molecule has 1 amide bonds. The number of anilines is 1. The number of imidazole rings is 1. The number of ether oxygens (including phenoxy) is 2. The van der Waals surface area contributed by atoms with Crippen molar-refractivity contribution in [1.29, 1.82) is 10.5 Å². The van der Waals surface area contributed by atoms with Gasteiger partial charge in [0.25, 0.3) is 11.5 Å². The fourth-order valence-corrected chi connectivity index (χ4v) is 10.3. The Morgan fingerprint density at radius 3 is 2.05 bits per heavy atom. The highest BCUT2D eigenvalue weighted by atomic mass is 32.5. The van der Waals surface area contributed by atoms with E-state index in [-0.39, 0.29) is 43.0 Å². The van der Waals surface area contributed by atoms with E-state index in [1.54, 1.807) is 30.3 Å². The van der Waals surface area contributed by atoms with Crippen LogP contribution in [-0.2, 0) is 60.2 Å². The lowest BCUT2D eigenvalue weighted by molar-refractivity contribution is -0.0624. The maximum Gasteiger partial charge on any atom is 0.330 e. The maximum absolute atomic E-state index is 16.9. The van der Waals surface area contributed by atoms with Gasteiger partial charge in [-0.15, -0.1) is 0 Å². The summed E-state index contributed by atoms with van der Waals surface area (Å²) in [5.41, 5.74) is -1.22. The van der Waals surface area contributed by atoms with Crippen LogP contribution in [0.2, 0.25) is 0 Å². The molecule has 3 fully saturated rings. The number of carbonyl (C=O) groups excluding carboxylic acids is 1. The third-order valence-electron chi connectivity index (χ3n) is 8.78. The van der Waals surface area contributed by atoms with Gasteiger partial charge in [0.1, 0.15) is 30.7 Å². The first-order valence-corrected chi connectivity index (χ1v) is 22.4. The topological polar surface area (TPSA) is 249 Å². The van der Waals surface area contributed by atoms with Crippen LogP contribution < -0.4 is 16.6 Å². The Morgan fingerprint density at radius 1 is 0.897 bits per heavy atom. The molecule has 306 valence electrons. The van der Waals surface area contributed by atoms with Gasteiger partial charge in [0.05, 0.1) is 57.7 Å². The molecule has 3 saturated heterocycles. The van der Waals surface area contributed by atoms with Crippen molar-refractivity contribution in [2.45, 2.75) is 62.1 Å². The summed E-state index contributed by atoms with van der Waals surface area (Å²) in [5.74, 6) is -0.448. The van der Waals surface area contributed by atoms with Gasteiger partial charge >= 0.3 is 19.1 Å². The molecule has 0 aliphatic carbocycles. The second-order valence-electron chi connectivity index (χ2n) is 12.5. The highest BCUT2D eigenvalue weighted by molar-refractivity contribution is 8.07. The van der Waals surface area contributed by atoms with E-state index in [2.05, 4.69) is 20.3 Å². The molecule has 7 rings (SSSR count). The average molecular weight is 882 g/mol. The number of hydrogen-bond acceptors (Lipinski definition) is 18. The monoisotopic (exact) mass is 881 g/mol. The van der Waals surface area contributed by atoms with Crippen LogP contribution in [0.1, 0.15) is 35.7 Å². The van der Waals surface area contributed by atoms with Gasteiger partial charge in [-0.3, -0.25) is 32.8 Å². The number of nitriles is 2. The lowest BCUT2D eigenvalue weighted by Gasteiger charge is -2.32.